The SMILES string of the molecule is O=[N+]([O-])c1cc2c(cc1[N+](=O)[O-])OCCCCO2. The van der Waals surface area contributed by atoms with Crippen LogP contribution in [0, 0.1) is 20.2 Å². The minimum Gasteiger partial charge on any atom is -0.489 e. The molecule has 0 N–H and O–H groups in total. The third-order valence-electron chi connectivity index (χ3n) is 2.49. The molecule has 18 heavy (non-hydrogen) atoms. The van der Waals surface area contributed by atoms with Crippen molar-refractivity contribution in [3.63, 3.8) is 0 Å². The first-order chi connectivity index (χ1) is 8.59. The van der Waals surface area contributed by atoms with E-state index >= 15 is 0 Å². The van der Waals surface area contributed by atoms with Crippen LogP contribution in [-0.4, -0.2) is 23.1 Å². The second-order valence-electron chi connectivity index (χ2n) is 3.71. The molecule has 0 aromatic heterocycles. The Kier molecular flexibility index (Phi) is 3.26. The van der Waals surface area contributed by atoms with Crippen molar-refractivity contribution in [3.8, 4) is 11.5 Å². The summed E-state index contributed by atoms with van der Waals surface area (Å²) in [7, 11) is 0. The molecule has 0 atom stereocenters. The first kappa shape index (κ1) is 12.1. The lowest BCUT2D eigenvalue weighted by atomic mass is 10.2. The molecule has 2 rings (SSSR count). The van der Waals surface area contributed by atoms with Crippen LogP contribution in [0.5, 0.6) is 11.5 Å². The largest absolute Gasteiger partial charge is 0.489 e. The zero-order valence-corrected chi connectivity index (χ0v) is 9.33. The van der Waals surface area contributed by atoms with E-state index in [1.54, 1.807) is 0 Å². The molecule has 0 saturated carbocycles. The number of nitrogens with zero attached hydrogens (tertiary/aromatic N) is 2. The summed E-state index contributed by atoms with van der Waals surface area (Å²) in [5, 5.41) is 21.5. The maximum Gasteiger partial charge on any atom is 0.350 e. The highest BCUT2D eigenvalue weighted by atomic mass is 16.6. The molecule has 1 aromatic carbocycles. The first-order valence-corrected chi connectivity index (χ1v) is 5.32. The van der Waals surface area contributed by atoms with Gasteiger partial charge in [0.05, 0.1) is 35.2 Å². The van der Waals surface area contributed by atoms with Crippen LogP contribution in [0.4, 0.5) is 11.4 Å². The number of ether oxygens (including phenoxy) is 2. The van der Waals surface area contributed by atoms with Crippen LogP contribution >= 0.6 is 0 Å². The van der Waals surface area contributed by atoms with Crippen molar-refractivity contribution in [1.82, 2.24) is 0 Å². The van der Waals surface area contributed by atoms with Crippen molar-refractivity contribution in [2.24, 2.45) is 0 Å². The van der Waals surface area contributed by atoms with E-state index in [1.807, 2.05) is 0 Å². The van der Waals surface area contributed by atoms with E-state index in [1.165, 1.54) is 0 Å². The lowest BCUT2D eigenvalue weighted by molar-refractivity contribution is -0.422. The number of hydrogen-bond acceptors (Lipinski definition) is 6. The maximum absolute atomic E-state index is 10.8. The molecule has 1 aliphatic rings. The zero-order valence-electron chi connectivity index (χ0n) is 9.33. The summed E-state index contributed by atoms with van der Waals surface area (Å²) in [5.74, 6) is 0.346. The minimum atomic E-state index is -0.805. The van der Waals surface area contributed by atoms with E-state index < -0.39 is 21.2 Å². The monoisotopic (exact) mass is 254 g/mol. The molecular weight excluding hydrogens is 244 g/mol. The number of nitro benzene ring substituents is 2. The fourth-order valence-corrected chi connectivity index (χ4v) is 1.62. The van der Waals surface area contributed by atoms with Crippen molar-refractivity contribution < 1.29 is 19.3 Å². The second kappa shape index (κ2) is 4.86. The van der Waals surface area contributed by atoms with Gasteiger partial charge < -0.3 is 9.47 Å². The average Bonchev–Trinajstić information content (AvgIpc) is 2.28. The van der Waals surface area contributed by atoms with Gasteiger partial charge in [0.1, 0.15) is 0 Å². The summed E-state index contributed by atoms with van der Waals surface area (Å²) in [4.78, 5) is 19.9. The average molecular weight is 254 g/mol. The summed E-state index contributed by atoms with van der Waals surface area (Å²) < 4.78 is 10.6. The third-order valence-corrected chi connectivity index (χ3v) is 2.49. The summed E-state index contributed by atoms with van der Waals surface area (Å²) in [5.41, 5.74) is -1.19. The topological polar surface area (TPSA) is 105 Å². The first-order valence-electron chi connectivity index (χ1n) is 5.32. The predicted molar refractivity (Wildman–Crippen MR) is 60.0 cm³/mol. The van der Waals surface area contributed by atoms with Gasteiger partial charge in [-0.3, -0.25) is 20.2 Å². The summed E-state index contributed by atoms with van der Waals surface area (Å²) >= 11 is 0. The molecule has 1 aliphatic heterocycles. The minimum absolute atomic E-state index is 0.173. The Bertz CT molecular complexity index is 456. The van der Waals surface area contributed by atoms with Crippen LogP contribution in [0.25, 0.3) is 0 Å². The Balaban J connectivity index is 2.51. The van der Waals surface area contributed by atoms with Crippen LogP contribution in [0.15, 0.2) is 12.1 Å². The smallest absolute Gasteiger partial charge is 0.350 e. The maximum atomic E-state index is 10.8. The van der Waals surface area contributed by atoms with Gasteiger partial charge in [0.25, 0.3) is 0 Å². The molecule has 0 radical (unpaired) electrons. The fraction of sp³-hybridized carbons (Fsp3) is 0.400. The van der Waals surface area contributed by atoms with Gasteiger partial charge in [-0.2, -0.15) is 0 Å². The zero-order chi connectivity index (χ0) is 13.1. The quantitative estimate of drug-likeness (QED) is 0.590. The Morgan fingerprint density at radius 2 is 1.28 bits per heavy atom. The fourth-order valence-electron chi connectivity index (χ4n) is 1.62. The van der Waals surface area contributed by atoms with E-state index in [4.69, 9.17) is 9.47 Å². The van der Waals surface area contributed by atoms with Gasteiger partial charge in [-0.05, 0) is 12.8 Å². The van der Waals surface area contributed by atoms with Gasteiger partial charge in [-0.15, -0.1) is 0 Å². The van der Waals surface area contributed by atoms with Crippen molar-refractivity contribution >= 4 is 11.4 Å². The number of hydrogen-bond donors (Lipinski definition) is 0. The molecule has 8 heteroatoms. The van der Waals surface area contributed by atoms with E-state index in [-0.39, 0.29) is 11.5 Å². The van der Waals surface area contributed by atoms with Gasteiger partial charge in [-0.1, -0.05) is 0 Å². The van der Waals surface area contributed by atoms with Crippen LogP contribution in [0.2, 0.25) is 0 Å². The molecule has 0 bridgehead atoms. The Hall–Kier alpha value is -2.38. The lowest BCUT2D eigenvalue weighted by Gasteiger charge is -2.15. The third kappa shape index (κ3) is 2.31. The molecule has 0 fully saturated rings. The molecular formula is C10H10N2O6. The molecule has 0 saturated heterocycles. The number of fused-ring (bicyclic) bond motifs is 1. The van der Waals surface area contributed by atoms with Crippen molar-refractivity contribution in [2.75, 3.05) is 13.2 Å². The number of rotatable bonds is 2. The Labute approximate surface area is 101 Å². The van der Waals surface area contributed by atoms with Crippen molar-refractivity contribution in [2.45, 2.75) is 12.8 Å². The van der Waals surface area contributed by atoms with E-state index in [9.17, 15) is 20.2 Å². The standard InChI is InChI=1S/C10H10N2O6/c13-11(14)7-5-9-10(6-8(7)12(15)16)18-4-2-1-3-17-9/h5-6H,1-4H2. The summed E-state index contributed by atoms with van der Waals surface area (Å²) in [6, 6.07) is 2.08. The summed E-state index contributed by atoms with van der Waals surface area (Å²) in [6.07, 6.45) is 1.54. The highest BCUT2D eigenvalue weighted by Crippen LogP contribution is 2.39. The van der Waals surface area contributed by atoms with E-state index in [0.29, 0.717) is 13.2 Å². The van der Waals surface area contributed by atoms with Gasteiger partial charge in [0.2, 0.25) is 0 Å². The van der Waals surface area contributed by atoms with Crippen LogP contribution in [0.1, 0.15) is 12.8 Å². The molecule has 96 valence electrons. The predicted octanol–water partition coefficient (Wildman–Crippen LogP) is 2.05. The van der Waals surface area contributed by atoms with Gasteiger partial charge >= 0.3 is 11.4 Å². The van der Waals surface area contributed by atoms with Crippen LogP contribution in [0.3, 0.4) is 0 Å². The van der Waals surface area contributed by atoms with E-state index in [2.05, 4.69) is 0 Å². The normalized spacial score (nSPS) is 14.4. The van der Waals surface area contributed by atoms with Gasteiger partial charge in [-0.25, -0.2) is 0 Å². The molecule has 0 amide bonds. The van der Waals surface area contributed by atoms with Crippen molar-refractivity contribution in [3.05, 3.63) is 32.4 Å². The second-order valence-corrected chi connectivity index (χ2v) is 3.71. The Morgan fingerprint density at radius 1 is 0.889 bits per heavy atom. The van der Waals surface area contributed by atoms with Crippen LogP contribution < -0.4 is 9.47 Å². The molecule has 0 aliphatic carbocycles. The number of benzene rings is 1. The molecule has 0 unspecified atom stereocenters. The van der Waals surface area contributed by atoms with Gasteiger partial charge in [0.15, 0.2) is 11.5 Å². The summed E-state index contributed by atoms with van der Waals surface area (Å²) in [6.45, 7) is 0.816. The number of nitro groups is 2. The van der Waals surface area contributed by atoms with Gasteiger partial charge in [0, 0.05) is 0 Å². The molecule has 0 spiro atoms. The van der Waals surface area contributed by atoms with Crippen molar-refractivity contribution in [1.29, 1.82) is 0 Å². The van der Waals surface area contributed by atoms with Crippen LogP contribution in [-0.2, 0) is 0 Å². The molecule has 1 heterocycles. The molecule has 1 aromatic rings. The highest BCUT2D eigenvalue weighted by molar-refractivity contribution is 5.62. The molecule has 8 nitrogen and oxygen atoms in total. The van der Waals surface area contributed by atoms with E-state index in [0.717, 1.165) is 25.0 Å². The lowest BCUT2D eigenvalue weighted by Crippen LogP contribution is -2.09. The Morgan fingerprint density at radius 3 is 1.61 bits per heavy atom. The highest BCUT2D eigenvalue weighted by Gasteiger charge is 2.28.